The second-order valence-electron chi connectivity index (χ2n) is 5.18. The van der Waals surface area contributed by atoms with Crippen molar-refractivity contribution in [3.8, 4) is 0 Å². The van der Waals surface area contributed by atoms with Crippen LogP contribution in [0.4, 0.5) is 4.79 Å². The maximum absolute atomic E-state index is 11.7. The molecule has 0 aliphatic carbocycles. The normalized spacial score (nSPS) is 27.4. The molecule has 0 saturated carbocycles. The molecular weight excluding hydrogens is 210 g/mol. The Morgan fingerprint density at radius 3 is 2.00 bits per heavy atom. The zero-order valence-electron chi connectivity index (χ0n) is 10.1. The number of hydrogen-bond donors (Lipinski definition) is 2. The topological polar surface area (TPSA) is 70.0 Å². The molecule has 5 nitrogen and oxygen atoms in total. The van der Waals surface area contributed by atoms with Crippen LogP contribution in [-0.2, 0) is 4.74 Å². The number of aliphatic hydroxyl groups excluding tert-OH is 2. The van der Waals surface area contributed by atoms with Crippen molar-refractivity contribution in [2.75, 3.05) is 13.1 Å². The van der Waals surface area contributed by atoms with Gasteiger partial charge in [0.1, 0.15) is 5.60 Å². The van der Waals surface area contributed by atoms with Crippen LogP contribution in [0.5, 0.6) is 0 Å². The number of carbonyl (C=O) groups is 1. The van der Waals surface area contributed by atoms with Crippen LogP contribution >= 0.6 is 0 Å². The SMILES string of the molecule is CC(C)(C)OC(=O)N1CC[C@H](O)[C@@H](O)CC1. The molecule has 1 fully saturated rings. The highest BCUT2D eigenvalue weighted by atomic mass is 16.6. The van der Waals surface area contributed by atoms with E-state index in [0.29, 0.717) is 25.9 Å². The summed E-state index contributed by atoms with van der Waals surface area (Å²) in [5.41, 5.74) is -0.513. The van der Waals surface area contributed by atoms with E-state index in [1.165, 1.54) is 4.90 Å². The number of rotatable bonds is 0. The summed E-state index contributed by atoms with van der Waals surface area (Å²) in [7, 11) is 0. The Morgan fingerprint density at radius 1 is 1.19 bits per heavy atom. The number of ether oxygens (including phenoxy) is 1. The number of nitrogens with zero attached hydrogens (tertiary/aromatic N) is 1. The standard InChI is InChI=1S/C11H21NO4/c1-11(2,3)16-10(15)12-6-4-8(13)9(14)5-7-12/h8-9,13-14H,4-7H2,1-3H3/t8-,9-/m0/s1. The molecule has 0 unspecified atom stereocenters. The first-order chi connectivity index (χ1) is 7.29. The molecule has 0 aromatic carbocycles. The molecule has 0 aromatic rings. The van der Waals surface area contributed by atoms with Gasteiger partial charge >= 0.3 is 6.09 Å². The molecule has 1 heterocycles. The van der Waals surface area contributed by atoms with Gasteiger partial charge in [-0.1, -0.05) is 0 Å². The molecule has 1 aliphatic rings. The molecule has 0 bridgehead atoms. The summed E-state index contributed by atoms with van der Waals surface area (Å²) in [5.74, 6) is 0. The monoisotopic (exact) mass is 231 g/mol. The van der Waals surface area contributed by atoms with Gasteiger partial charge in [-0.25, -0.2) is 4.79 Å². The van der Waals surface area contributed by atoms with Crippen molar-refractivity contribution in [3.63, 3.8) is 0 Å². The first-order valence-corrected chi connectivity index (χ1v) is 5.63. The van der Waals surface area contributed by atoms with E-state index in [4.69, 9.17) is 4.74 Å². The summed E-state index contributed by atoms with van der Waals surface area (Å²) in [6.07, 6.45) is -1.09. The molecule has 1 amide bonds. The lowest BCUT2D eigenvalue weighted by atomic mass is 10.1. The Balaban J connectivity index is 2.51. The average Bonchev–Trinajstić information content (AvgIpc) is 2.28. The van der Waals surface area contributed by atoms with Crippen LogP contribution in [0.1, 0.15) is 33.6 Å². The average molecular weight is 231 g/mol. The number of carbonyl (C=O) groups excluding carboxylic acids is 1. The molecule has 0 aromatic heterocycles. The van der Waals surface area contributed by atoms with Gasteiger partial charge in [0.05, 0.1) is 12.2 Å². The van der Waals surface area contributed by atoms with E-state index in [-0.39, 0.29) is 6.09 Å². The van der Waals surface area contributed by atoms with Crippen LogP contribution in [0.25, 0.3) is 0 Å². The Morgan fingerprint density at radius 2 is 1.62 bits per heavy atom. The van der Waals surface area contributed by atoms with Gasteiger partial charge in [-0.2, -0.15) is 0 Å². The zero-order chi connectivity index (χ0) is 12.3. The Bertz CT molecular complexity index is 237. The van der Waals surface area contributed by atoms with E-state index < -0.39 is 17.8 Å². The molecule has 2 N–H and O–H groups in total. The van der Waals surface area contributed by atoms with Crippen LogP contribution in [0.2, 0.25) is 0 Å². The molecule has 1 rings (SSSR count). The third-order valence-corrected chi connectivity index (χ3v) is 2.49. The van der Waals surface area contributed by atoms with Crippen LogP contribution in [0, 0.1) is 0 Å². The van der Waals surface area contributed by atoms with Gasteiger partial charge in [0.15, 0.2) is 0 Å². The molecular formula is C11H21NO4. The van der Waals surface area contributed by atoms with Crippen molar-refractivity contribution in [1.29, 1.82) is 0 Å². The summed E-state index contributed by atoms with van der Waals surface area (Å²) in [5, 5.41) is 18.9. The Hall–Kier alpha value is -0.810. The summed E-state index contributed by atoms with van der Waals surface area (Å²) >= 11 is 0. The fraction of sp³-hybridized carbons (Fsp3) is 0.909. The summed E-state index contributed by atoms with van der Waals surface area (Å²) in [6, 6.07) is 0. The largest absolute Gasteiger partial charge is 0.444 e. The number of amides is 1. The highest BCUT2D eigenvalue weighted by Gasteiger charge is 2.28. The Labute approximate surface area is 96.0 Å². The molecule has 1 aliphatic heterocycles. The highest BCUT2D eigenvalue weighted by molar-refractivity contribution is 5.68. The van der Waals surface area contributed by atoms with Crippen LogP contribution < -0.4 is 0 Å². The molecule has 1 saturated heterocycles. The van der Waals surface area contributed by atoms with Crippen molar-refractivity contribution in [1.82, 2.24) is 4.90 Å². The van der Waals surface area contributed by atoms with Gasteiger partial charge in [-0.3, -0.25) is 0 Å². The van der Waals surface area contributed by atoms with E-state index in [2.05, 4.69) is 0 Å². The van der Waals surface area contributed by atoms with Crippen molar-refractivity contribution in [2.45, 2.75) is 51.4 Å². The lowest BCUT2D eigenvalue weighted by Crippen LogP contribution is -2.37. The summed E-state index contributed by atoms with van der Waals surface area (Å²) in [4.78, 5) is 13.3. The highest BCUT2D eigenvalue weighted by Crippen LogP contribution is 2.15. The third kappa shape index (κ3) is 3.98. The molecule has 5 heteroatoms. The summed E-state index contributed by atoms with van der Waals surface area (Å²) in [6.45, 7) is 6.28. The predicted octanol–water partition coefficient (Wildman–Crippen LogP) is 0.739. The second kappa shape index (κ2) is 5.01. The van der Waals surface area contributed by atoms with Crippen molar-refractivity contribution < 1.29 is 19.7 Å². The molecule has 94 valence electrons. The minimum absolute atomic E-state index is 0.381. The molecule has 2 atom stereocenters. The first kappa shape index (κ1) is 13.3. The van der Waals surface area contributed by atoms with Crippen molar-refractivity contribution in [3.05, 3.63) is 0 Å². The number of likely N-dealkylation sites (tertiary alicyclic amines) is 1. The van der Waals surface area contributed by atoms with E-state index in [1.807, 2.05) is 20.8 Å². The van der Waals surface area contributed by atoms with Crippen molar-refractivity contribution >= 4 is 6.09 Å². The van der Waals surface area contributed by atoms with Gasteiger partial charge in [-0.05, 0) is 33.6 Å². The van der Waals surface area contributed by atoms with E-state index in [1.54, 1.807) is 0 Å². The third-order valence-electron chi connectivity index (χ3n) is 2.49. The van der Waals surface area contributed by atoms with Gasteiger partial charge in [-0.15, -0.1) is 0 Å². The fourth-order valence-corrected chi connectivity index (χ4v) is 1.58. The second-order valence-corrected chi connectivity index (χ2v) is 5.18. The van der Waals surface area contributed by atoms with Gasteiger partial charge in [0.2, 0.25) is 0 Å². The number of hydrogen-bond acceptors (Lipinski definition) is 4. The number of aliphatic hydroxyl groups is 2. The Kier molecular flexibility index (Phi) is 4.15. The lowest BCUT2D eigenvalue weighted by Gasteiger charge is -2.26. The minimum Gasteiger partial charge on any atom is -0.444 e. The fourth-order valence-electron chi connectivity index (χ4n) is 1.58. The maximum atomic E-state index is 11.7. The first-order valence-electron chi connectivity index (χ1n) is 5.63. The minimum atomic E-state index is -0.743. The molecule has 0 radical (unpaired) electrons. The zero-order valence-corrected chi connectivity index (χ0v) is 10.1. The van der Waals surface area contributed by atoms with Crippen LogP contribution in [0.3, 0.4) is 0 Å². The van der Waals surface area contributed by atoms with Gasteiger partial charge < -0.3 is 19.8 Å². The van der Waals surface area contributed by atoms with Gasteiger partial charge in [0, 0.05) is 13.1 Å². The van der Waals surface area contributed by atoms with E-state index in [0.717, 1.165) is 0 Å². The van der Waals surface area contributed by atoms with E-state index in [9.17, 15) is 15.0 Å². The van der Waals surface area contributed by atoms with Crippen molar-refractivity contribution in [2.24, 2.45) is 0 Å². The lowest BCUT2D eigenvalue weighted by molar-refractivity contribution is 0.0187. The molecule has 0 spiro atoms. The van der Waals surface area contributed by atoms with Gasteiger partial charge in [0.25, 0.3) is 0 Å². The van der Waals surface area contributed by atoms with Crippen LogP contribution in [-0.4, -0.2) is 52.1 Å². The summed E-state index contributed by atoms with van der Waals surface area (Å²) < 4.78 is 5.23. The smallest absolute Gasteiger partial charge is 0.410 e. The van der Waals surface area contributed by atoms with Crippen LogP contribution in [0.15, 0.2) is 0 Å². The molecule has 16 heavy (non-hydrogen) atoms. The quantitative estimate of drug-likeness (QED) is 0.645. The maximum Gasteiger partial charge on any atom is 0.410 e. The predicted molar refractivity (Wildman–Crippen MR) is 59.1 cm³/mol. The van der Waals surface area contributed by atoms with E-state index >= 15 is 0 Å².